The molecule has 0 saturated heterocycles. The summed E-state index contributed by atoms with van der Waals surface area (Å²) < 4.78 is 44.1. The molecule has 1 amide bonds. The third-order valence-corrected chi connectivity index (χ3v) is 4.02. The molecule has 0 aliphatic carbocycles. The van der Waals surface area contributed by atoms with Gasteiger partial charge in [0, 0.05) is 5.69 Å². The second kappa shape index (κ2) is 5.45. The lowest BCUT2D eigenvalue weighted by Gasteiger charge is -2.18. The molecule has 3 nitrogen and oxygen atoms in total. The number of halogens is 4. The molecule has 0 N–H and O–H groups in total. The third kappa shape index (κ3) is 2.63. The molecule has 0 bridgehead atoms. The molecule has 23 heavy (non-hydrogen) atoms. The first-order valence-corrected chi connectivity index (χ1v) is 7.05. The molecule has 0 aromatic heterocycles. The van der Waals surface area contributed by atoms with Crippen molar-refractivity contribution in [3.8, 4) is 5.75 Å². The molecule has 3 rings (SSSR count). The van der Waals surface area contributed by atoms with E-state index in [-0.39, 0.29) is 12.2 Å². The van der Waals surface area contributed by atoms with Crippen LogP contribution < -0.4 is 9.64 Å². The summed E-state index contributed by atoms with van der Waals surface area (Å²) in [6.07, 6.45) is -4.58. The fourth-order valence-corrected chi connectivity index (χ4v) is 2.83. The van der Waals surface area contributed by atoms with E-state index in [2.05, 4.69) is 0 Å². The Hall–Kier alpha value is -2.21. The highest BCUT2D eigenvalue weighted by Gasteiger charge is 2.36. The Kier molecular flexibility index (Phi) is 3.72. The van der Waals surface area contributed by atoms with Crippen LogP contribution in [0.15, 0.2) is 36.4 Å². The zero-order chi connectivity index (χ0) is 16.8. The number of alkyl halides is 3. The molecule has 0 radical (unpaired) electrons. The first kappa shape index (κ1) is 15.7. The van der Waals surface area contributed by atoms with Crippen LogP contribution in [0.4, 0.5) is 18.9 Å². The zero-order valence-corrected chi connectivity index (χ0v) is 12.7. The van der Waals surface area contributed by atoms with Crippen LogP contribution in [0.3, 0.4) is 0 Å². The minimum atomic E-state index is -4.58. The fraction of sp³-hybridized carbons (Fsp3) is 0.188. The molecule has 0 unspecified atom stereocenters. The van der Waals surface area contributed by atoms with Crippen molar-refractivity contribution in [2.45, 2.75) is 12.7 Å². The molecular weight excluding hydrogens is 331 g/mol. The predicted octanol–water partition coefficient (Wildman–Crippen LogP) is 4.53. The largest absolute Gasteiger partial charge is 0.496 e. The van der Waals surface area contributed by atoms with Crippen molar-refractivity contribution < 1.29 is 22.7 Å². The van der Waals surface area contributed by atoms with Gasteiger partial charge in [0.2, 0.25) is 0 Å². The molecule has 0 fully saturated rings. The van der Waals surface area contributed by atoms with Gasteiger partial charge in [-0.05, 0) is 29.8 Å². The molecule has 1 heterocycles. The second-order valence-corrected chi connectivity index (χ2v) is 5.45. The summed E-state index contributed by atoms with van der Waals surface area (Å²) in [6, 6.07) is 8.55. The fourth-order valence-electron chi connectivity index (χ4n) is 2.61. The molecule has 1 aliphatic heterocycles. The van der Waals surface area contributed by atoms with E-state index >= 15 is 0 Å². The Morgan fingerprint density at radius 3 is 2.61 bits per heavy atom. The maximum absolute atomic E-state index is 13.0. The standard InChI is InChI=1S/C16H11ClF3NO2/c1-23-13-4-2-3-9-8-21(15(22)14(9)13)10-5-6-12(17)11(7-10)16(18,19)20/h2-7H,8H2,1H3. The summed E-state index contributed by atoms with van der Waals surface area (Å²) in [6.45, 7) is 0.185. The van der Waals surface area contributed by atoms with Crippen molar-refractivity contribution in [2.75, 3.05) is 12.0 Å². The highest BCUT2D eigenvalue weighted by atomic mass is 35.5. The zero-order valence-electron chi connectivity index (χ0n) is 11.9. The molecule has 2 aromatic carbocycles. The van der Waals surface area contributed by atoms with Gasteiger partial charge >= 0.3 is 6.18 Å². The maximum Gasteiger partial charge on any atom is 0.417 e. The van der Waals surface area contributed by atoms with E-state index in [0.29, 0.717) is 16.9 Å². The highest BCUT2D eigenvalue weighted by Crippen LogP contribution is 2.39. The van der Waals surface area contributed by atoms with Crippen molar-refractivity contribution in [1.82, 2.24) is 0 Å². The number of amides is 1. The van der Waals surface area contributed by atoms with Crippen LogP contribution in [-0.2, 0) is 12.7 Å². The van der Waals surface area contributed by atoms with Gasteiger partial charge in [0.1, 0.15) is 5.75 Å². The van der Waals surface area contributed by atoms with Crippen molar-refractivity contribution >= 4 is 23.2 Å². The number of ether oxygens (including phenoxy) is 1. The van der Waals surface area contributed by atoms with E-state index in [1.807, 2.05) is 0 Å². The Labute approximate surface area is 135 Å². The molecule has 2 aromatic rings. The summed E-state index contributed by atoms with van der Waals surface area (Å²) in [5.74, 6) is 0.00732. The Bertz CT molecular complexity index is 789. The lowest BCUT2D eigenvalue weighted by atomic mass is 10.1. The Balaban J connectivity index is 2.04. The van der Waals surface area contributed by atoms with Crippen molar-refractivity contribution in [3.63, 3.8) is 0 Å². The number of carbonyl (C=O) groups is 1. The average Bonchev–Trinajstić information content (AvgIpc) is 2.84. The number of rotatable bonds is 2. The number of anilines is 1. The van der Waals surface area contributed by atoms with Gasteiger partial charge in [-0.1, -0.05) is 23.7 Å². The average molecular weight is 342 g/mol. The minimum absolute atomic E-state index is 0.143. The first-order valence-electron chi connectivity index (χ1n) is 6.67. The molecule has 0 saturated carbocycles. The summed E-state index contributed by atoms with van der Waals surface area (Å²) in [5, 5.41) is -0.400. The number of hydrogen-bond donors (Lipinski definition) is 0. The van der Waals surface area contributed by atoms with E-state index < -0.39 is 22.7 Å². The van der Waals surface area contributed by atoms with Crippen LogP contribution in [0.1, 0.15) is 21.5 Å². The Morgan fingerprint density at radius 2 is 1.96 bits per heavy atom. The first-order chi connectivity index (χ1) is 10.8. The minimum Gasteiger partial charge on any atom is -0.496 e. The van der Waals surface area contributed by atoms with E-state index in [4.69, 9.17) is 16.3 Å². The summed E-state index contributed by atoms with van der Waals surface area (Å²) in [5.41, 5.74) is 0.258. The lowest BCUT2D eigenvalue weighted by Crippen LogP contribution is -2.23. The van der Waals surface area contributed by atoms with Gasteiger partial charge in [0.05, 0.1) is 29.8 Å². The topological polar surface area (TPSA) is 29.5 Å². The van der Waals surface area contributed by atoms with Gasteiger partial charge in [-0.2, -0.15) is 13.2 Å². The van der Waals surface area contributed by atoms with Crippen LogP contribution in [0.2, 0.25) is 5.02 Å². The molecular formula is C16H11ClF3NO2. The second-order valence-electron chi connectivity index (χ2n) is 5.05. The van der Waals surface area contributed by atoms with Gasteiger partial charge in [-0.3, -0.25) is 4.79 Å². The third-order valence-electron chi connectivity index (χ3n) is 3.69. The van der Waals surface area contributed by atoms with Crippen LogP contribution in [-0.4, -0.2) is 13.0 Å². The molecule has 120 valence electrons. The number of benzene rings is 2. The van der Waals surface area contributed by atoms with Gasteiger partial charge in [0.15, 0.2) is 0 Å². The summed E-state index contributed by atoms with van der Waals surface area (Å²) in [4.78, 5) is 13.8. The van der Waals surface area contributed by atoms with E-state index in [1.54, 1.807) is 18.2 Å². The number of carbonyl (C=O) groups excluding carboxylic acids is 1. The van der Waals surface area contributed by atoms with Crippen LogP contribution in [0.5, 0.6) is 5.75 Å². The number of methoxy groups -OCH3 is 1. The SMILES string of the molecule is COc1cccc2c1C(=O)N(c1ccc(Cl)c(C(F)(F)F)c1)C2. The molecule has 0 spiro atoms. The lowest BCUT2D eigenvalue weighted by molar-refractivity contribution is -0.137. The molecule has 1 aliphatic rings. The van der Waals surface area contributed by atoms with E-state index in [0.717, 1.165) is 12.1 Å². The monoisotopic (exact) mass is 341 g/mol. The summed E-state index contributed by atoms with van der Waals surface area (Å²) in [7, 11) is 1.44. The Morgan fingerprint density at radius 1 is 1.22 bits per heavy atom. The maximum atomic E-state index is 13.0. The smallest absolute Gasteiger partial charge is 0.417 e. The normalized spacial score (nSPS) is 14.1. The quantitative estimate of drug-likeness (QED) is 0.803. The van der Waals surface area contributed by atoms with E-state index in [1.165, 1.54) is 18.1 Å². The predicted molar refractivity (Wildman–Crippen MR) is 80.0 cm³/mol. The van der Waals surface area contributed by atoms with E-state index in [9.17, 15) is 18.0 Å². The summed E-state index contributed by atoms with van der Waals surface area (Å²) >= 11 is 5.62. The van der Waals surface area contributed by atoms with Crippen LogP contribution in [0.25, 0.3) is 0 Å². The molecule has 7 heteroatoms. The number of nitrogens with zero attached hydrogens (tertiary/aromatic N) is 1. The van der Waals surface area contributed by atoms with Crippen molar-refractivity contribution in [2.24, 2.45) is 0 Å². The van der Waals surface area contributed by atoms with Crippen molar-refractivity contribution in [1.29, 1.82) is 0 Å². The van der Waals surface area contributed by atoms with Crippen LogP contribution in [0, 0.1) is 0 Å². The number of hydrogen-bond acceptors (Lipinski definition) is 2. The van der Waals surface area contributed by atoms with Gasteiger partial charge in [-0.15, -0.1) is 0 Å². The van der Waals surface area contributed by atoms with Gasteiger partial charge in [-0.25, -0.2) is 0 Å². The molecule has 0 atom stereocenters. The van der Waals surface area contributed by atoms with Crippen LogP contribution >= 0.6 is 11.6 Å². The van der Waals surface area contributed by atoms with Crippen molar-refractivity contribution in [3.05, 3.63) is 58.1 Å². The number of fused-ring (bicyclic) bond motifs is 1. The highest BCUT2D eigenvalue weighted by molar-refractivity contribution is 6.31. The van der Waals surface area contributed by atoms with Gasteiger partial charge in [0.25, 0.3) is 5.91 Å². The van der Waals surface area contributed by atoms with Gasteiger partial charge < -0.3 is 9.64 Å².